The maximum absolute atomic E-state index is 11.3. The highest BCUT2D eigenvalue weighted by Crippen LogP contribution is 2.08. The van der Waals surface area contributed by atoms with Crippen molar-refractivity contribution >= 4 is 5.97 Å². The fraction of sp³-hybridized carbons (Fsp3) is 0.333. The van der Waals surface area contributed by atoms with Crippen LogP contribution in [-0.4, -0.2) is 40.8 Å². The molecule has 2 aromatic rings. The molecule has 0 aliphatic heterocycles. The van der Waals surface area contributed by atoms with Crippen LogP contribution in [0.3, 0.4) is 0 Å². The van der Waals surface area contributed by atoms with Crippen LogP contribution in [0.1, 0.15) is 12.6 Å². The van der Waals surface area contributed by atoms with Crippen LogP contribution in [-0.2, 0) is 16.1 Å². The van der Waals surface area contributed by atoms with Gasteiger partial charge in [0.1, 0.15) is 0 Å². The molecule has 1 heterocycles. The van der Waals surface area contributed by atoms with Gasteiger partial charge in [0.2, 0.25) is 0 Å². The summed E-state index contributed by atoms with van der Waals surface area (Å²) in [5.41, 5.74) is 1.95. The van der Waals surface area contributed by atoms with E-state index in [-0.39, 0.29) is 12.5 Å². The van der Waals surface area contributed by atoms with Gasteiger partial charge >= 0.3 is 5.97 Å². The van der Waals surface area contributed by atoms with Crippen molar-refractivity contribution < 1.29 is 9.53 Å². The first-order valence-electron chi connectivity index (χ1n) is 6.62. The van der Waals surface area contributed by atoms with E-state index in [9.17, 15) is 4.79 Å². The average molecular weight is 273 g/mol. The Bertz CT molecular complexity index is 551. The number of likely N-dealkylation sites (N-methyl/N-ethyl adjacent to an activating group) is 1. The van der Waals surface area contributed by atoms with Crippen LogP contribution in [0.4, 0.5) is 0 Å². The lowest BCUT2D eigenvalue weighted by Gasteiger charge is -2.17. The lowest BCUT2D eigenvalue weighted by molar-refractivity contribution is -0.142. The lowest BCUT2D eigenvalue weighted by Crippen LogP contribution is -2.30. The Kier molecular flexibility index (Phi) is 4.90. The van der Waals surface area contributed by atoms with Crippen LogP contribution in [0.2, 0.25) is 0 Å². The molecule has 0 N–H and O–H groups in total. The Morgan fingerprint density at radius 2 is 2.05 bits per heavy atom. The van der Waals surface area contributed by atoms with Crippen LogP contribution >= 0.6 is 0 Å². The summed E-state index contributed by atoms with van der Waals surface area (Å²) in [5, 5.41) is 4.52. The van der Waals surface area contributed by atoms with Crippen LogP contribution in [0.25, 0.3) is 5.69 Å². The van der Waals surface area contributed by atoms with Gasteiger partial charge in [-0.15, -0.1) is 0 Å². The summed E-state index contributed by atoms with van der Waals surface area (Å²) in [5.74, 6) is -0.227. The molecule has 20 heavy (non-hydrogen) atoms. The van der Waals surface area contributed by atoms with Gasteiger partial charge in [0.25, 0.3) is 0 Å². The van der Waals surface area contributed by atoms with Gasteiger partial charge in [0, 0.05) is 12.7 Å². The SMILES string of the molecule is CCN(CC(=O)OC)Cc1ccn(-c2ccccc2)n1. The molecule has 1 aromatic carbocycles. The van der Waals surface area contributed by atoms with E-state index in [2.05, 4.69) is 9.84 Å². The van der Waals surface area contributed by atoms with Crippen LogP contribution in [0, 0.1) is 0 Å². The summed E-state index contributed by atoms with van der Waals surface area (Å²) in [6.07, 6.45) is 1.93. The van der Waals surface area contributed by atoms with Crippen molar-refractivity contribution in [2.24, 2.45) is 0 Å². The third kappa shape index (κ3) is 3.68. The molecule has 0 spiro atoms. The number of benzene rings is 1. The maximum Gasteiger partial charge on any atom is 0.319 e. The molecular formula is C15H19N3O2. The zero-order valence-electron chi connectivity index (χ0n) is 11.8. The van der Waals surface area contributed by atoms with Gasteiger partial charge in [-0.25, -0.2) is 4.68 Å². The number of ether oxygens (including phenoxy) is 1. The van der Waals surface area contributed by atoms with Crippen molar-refractivity contribution in [1.29, 1.82) is 0 Å². The Morgan fingerprint density at radius 3 is 2.70 bits per heavy atom. The lowest BCUT2D eigenvalue weighted by atomic mass is 10.3. The van der Waals surface area contributed by atoms with Gasteiger partial charge in [-0.1, -0.05) is 25.1 Å². The minimum absolute atomic E-state index is 0.227. The summed E-state index contributed by atoms with van der Waals surface area (Å²) >= 11 is 0. The number of carbonyl (C=O) groups excluding carboxylic acids is 1. The smallest absolute Gasteiger partial charge is 0.319 e. The van der Waals surface area contributed by atoms with E-state index in [4.69, 9.17) is 0 Å². The van der Waals surface area contributed by atoms with Gasteiger partial charge in [-0.05, 0) is 24.7 Å². The topological polar surface area (TPSA) is 47.4 Å². The highest BCUT2D eigenvalue weighted by Gasteiger charge is 2.11. The standard InChI is InChI=1S/C15H19N3O2/c1-3-17(12-15(19)20-2)11-13-9-10-18(16-13)14-7-5-4-6-8-14/h4-10H,3,11-12H2,1-2H3. The number of hydrogen-bond donors (Lipinski definition) is 0. The van der Waals surface area contributed by atoms with Crippen molar-refractivity contribution in [3.8, 4) is 5.69 Å². The number of carbonyl (C=O) groups is 1. The van der Waals surface area contributed by atoms with E-state index in [1.165, 1.54) is 7.11 Å². The predicted octanol–water partition coefficient (Wildman–Crippen LogP) is 1.87. The molecule has 106 valence electrons. The maximum atomic E-state index is 11.3. The summed E-state index contributed by atoms with van der Waals surface area (Å²) in [6, 6.07) is 11.9. The Hall–Kier alpha value is -2.14. The number of esters is 1. The summed E-state index contributed by atoms with van der Waals surface area (Å²) in [4.78, 5) is 13.3. The first-order valence-corrected chi connectivity index (χ1v) is 6.62. The molecule has 5 nitrogen and oxygen atoms in total. The highest BCUT2D eigenvalue weighted by molar-refractivity contribution is 5.71. The number of hydrogen-bond acceptors (Lipinski definition) is 4. The zero-order chi connectivity index (χ0) is 14.4. The summed E-state index contributed by atoms with van der Waals surface area (Å²) < 4.78 is 6.52. The van der Waals surface area contributed by atoms with Gasteiger partial charge < -0.3 is 4.74 Å². The Balaban J connectivity index is 2.03. The monoisotopic (exact) mass is 273 g/mol. The van der Waals surface area contributed by atoms with Crippen LogP contribution in [0.5, 0.6) is 0 Å². The fourth-order valence-electron chi connectivity index (χ4n) is 1.93. The molecular weight excluding hydrogens is 254 g/mol. The largest absolute Gasteiger partial charge is 0.468 e. The minimum Gasteiger partial charge on any atom is -0.468 e. The molecule has 0 aliphatic rings. The van der Waals surface area contributed by atoms with Gasteiger partial charge in [0.15, 0.2) is 0 Å². The van der Waals surface area contributed by atoms with Gasteiger partial charge in [-0.2, -0.15) is 5.10 Å². The Morgan fingerprint density at radius 1 is 1.30 bits per heavy atom. The van der Waals surface area contributed by atoms with Crippen molar-refractivity contribution in [1.82, 2.24) is 14.7 Å². The average Bonchev–Trinajstić information content (AvgIpc) is 2.95. The zero-order valence-corrected chi connectivity index (χ0v) is 11.8. The molecule has 0 amide bonds. The first-order chi connectivity index (χ1) is 9.72. The molecule has 5 heteroatoms. The molecule has 0 atom stereocenters. The predicted molar refractivity (Wildman–Crippen MR) is 76.5 cm³/mol. The number of methoxy groups -OCH3 is 1. The minimum atomic E-state index is -0.227. The van der Waals surface area contributed by atoms with Gasteiger partial charge in [-0.3, -0.25) is 9.69 Å². The molecule has 0 bridgehead atoms. The second kappa shape index (κ2) is 6.86. The third-order valence-electron chi connectivity index (χ3n) is 3.08. The molecule has 0 fully saturated rings. The normalized spacial score (nSPS) is 10.8. The van der Waals surface area contributed by atoms with Crippen molar-refractivity contribution in [3.63, 3.8) is 0 Å². The third-order valence-corrected chi connectivity index (χ3v) is 3.08. The van der Waals surface area contributed by atoms with Crippen LogP contribution < -0.4 is 0 Å². The number of para-hydroxylation sites is 1. The number of rotatable bonds is 6. The van der Waals surface area contributed by atoms with Crippen LogP contribution in [0.15, 0.2) is 42.6 Å². The van der Waals surface area contributed by atoms with E-state index in [1.807, 2.05) is 59.1 Å². The molecule has 1 aromatic heterocycles. The van der Waals surface area contributed by atoms with E-state index in [0.717, 1.165) is 17.9 Å². The molecule has 0 aliphatic carbocycles. The molecule has 0 radical (unpaired) electrons. The number of aromatic nitrogens is 2. The van der Waals surface area contributed by atoms with Gasteiger partial charge in [0.05, 0.1) is 25.0 Å². The second-order valence-corrected chi connectivity index (χ2v) is 4.47. The first kappa shape index (κ1) is 14.3. The Labute approximate surface area is 118 Å². The van der Waals surface area contributed by atoms with E-state index in [1.54, 1.807) is 0 Å². The summed E-state index contributed by atoms with van der Waals surface area (Å²) in [6.45, 7) is 3.70. The van der Waals surface area contributed by atoms with E-state index in [0.29, 0.717) is 6.54 Å². The second-order valence-electron chi connectivity index (χ2n) is 4.47. The molecule has 0 unspecified atom stereocenters. The molecule has 2 rings (SSSR count). The molecule has 0 saturated heterocycles. The van der Waals surface area contributed by atoms with Crippen molar-refractivity contribution in [3.05, 3.63) is 48.3 Å². The number of nitrogens with zero attached hydrogens (tertiary/aromatic N) is 3. The van der Waals surface area contributed by atoms with E-state index >= 15 is 0 Å². The summed E-state index contributed by atoms with van der Waals surface area (Å²) in [7, 11) is 1.40. The molecule has 0 saturated carbocycles. The van der Waals surface area contributed by atoms with Crippen molar-refractivity contribution in [2.75, 3.05) is 20.2 Å². The van der Waals surface area contributed by atoms with E-state index < -0.39 is 0 Å². The fourth-order valence-corrected chi connectivity index (χ4v) is 1.93. The highest BCUT2D eigenvalue weighted by atomic mass is 16.5. The van der Waals surface area contributed by atoms with Crippen molar-refractivity contribution in [2.45, 2.75) is 13.5 Å². The quantitative estimate of drug-likeness (QED) is 0.754.